The highest BCUT2D eigenvalue weighted by atomic mass is 15.0. The molecule has 2 unspecified atom stereocenters. The van der Waals surface area contributed by atoms with Gasteiger partial charge in [-0.2, -0.15) is 0 Å². The lowest BCUT2D eigenvalue weighted by molar-refractivity contribution is 0.130. The fourth-order valence-electron chi connectivity index (χ4n) is 3.43. The Labute approximate surface area is 95.0 Å². The quantitative estimate of drug-likeness (QED) is 0.741. The first-order chi connectivity index (χ1) is 7.28. The lowest BCUT2D eigenvalue weighted by atomic mass is 9.73. The molecule has 0 heterocycles. The summed E-state index contributed by atoms with van der Waals surface area (Å²) in [5.41, 5.74) is 0.556. The van der Waals surface area contributed by atoms with Crippen LogP contribution < -0.4 is 5.32 Å². The number of nitrogens with one attached hydrogen (secondary N) is 1. The second-order valence-electron chi connectivity index (χ2n) is 5.77. The zero-order valence-corrected chi connectivity index (χ0v) is 10.5. The molecule has 0 bridgehead atoms. The van der Waals surface area contributed by atoms with Gasteiger partial charge in [-0.1, -0.05) is 33.1 Å². The van der Waals surface area contributed by atoms with E-state index in [1.54, 1.807) is 0 Å². The first-order valence-corrected chi connectivity index (χ1v) is 7.05. The molecule has 2 aliphatic carbocycles. The highest BCUT2D eigenvalue weighted by molar-refractivity contribution is 4.97. The molecule has 1 heteroatoms. The third-order valence-corrected chi connectivity index (χ3v) is 4.86. The molecular weight excluding hydrogens is 182 g/mol. The zero-order valence-electron chi connectivity index (χ0n) is 10.5. The second-order valence-corrected chi connectivity index (χ2v) is 5.77. The predicted octanol–water partition coefficient (Wildman–Crippen LogP) is 3.88. The average Bonchev–Trinajstić information content (AvgIpc) is 2.24. The van der Waals surface area contributed by atoms with Gasteiger partial charge < -0.3 is 5.32 Å². The Bertz CT molecular complexity index is 190. The SMILES string of the molecule is CCC1CCCC(NC2(CC)CCC2)C1. The molecule has 2 atom stereocenters. The minimum Gasteiger partial charge on any atom is -0.308 e. The number of rotatable bonds is 4. The van der Waals surface area contributed by atoms with Crippen LogP contribution in [0.1, 0.15) is 71.6 Å². The summed E-state index contributed by atoms with van der Waals surface area (Å²) < 4.78 is 0. The van der Waals surface area contributed by atoms with Crippen molar-refractivity contribution >= 4 is 0 Å². The van der Waals surface area contributed by atoms with Gasteiger partial charge in [-0.25, -0.2) is 0 Å². The Morgan fingerprint density at radius 3 is 2.47 bits per heavy atom. The molecule has 2 fully saturated rings. The molecule has 0 radical (unpaired) electrons. The van der Waals surface area contributed by atoms with Crippen LogP contribution in [0.4, 0.5) is 0 Å². The third-order valence-electron chi connectivity index (χ3n) is 4.86. The molecule has 0 saturated heterocycles. The van der Waals surface area contributed by atoms with Crippen LogP contribution in [0.3, 0.4) is 0 Å². The molecule has 88 valence electrons. The molecule has 0 aromatic heterocycles. The first kappa shape index (κ1) is 11.4. The normalized spacial score (nSPS) is 34.8. The average molecular weight is 209 g/mol. The van der Waals surface area contributed by atoms with Crippen LogP contribution >= 0.6 is 0 Å². The predicted molar refractivity (Wildman–Crippen MR) is 66.0 cm³/mol. The van der Waals surface area contributed by atoms with Crippen LogP contribution in [0, 0.1) is 5.92 Å². The maximum atomic E-state index is 3.98. The van der Waals surface area contributed by atoms with Crippen molar-refractivity contribution in [2.45, 2.75) is 83.2 Å². The van der Waals surface area contributed by atoms with E-state index in [0.717, 1.165) is 12.0 Å². The van der Waals surface area contributed by atoms with Crippen LogP contribution in [-0.4, -0.2) is 11.6 Å². The van der Waals surface area contributed by atoms with E-state index in [9.17, 15) is 0 Å². The van der Waals surface area contributed by atoms with Gasteiger partial charge in [-0.05, 0) is 44.4 Å². The van der Waals surface area contributed by atoms with E-state index < -0.39 is 0 Å². The van der Waals surface area contributed by atoms with Crippen molar-refractivity contribution in [1.82, 2.24) is 5.32 Å². The summed E-state index contributed by atoms with van der Waals surface area (Å²) >= 11 is 0. The summed E-state index contributed by atoms with van der Waals surface area (Å²) in [5, 5.41) is 3.98. The van der Waals surface area contributed by atoms with Crippen LogP contribution in [-0.2, 0) is 0 Å². The molecule has 2 rings (SSSR count). The Hall–Kier alpha value is -0.0400. The highest BCUT2D eigenvalue weighted by Crippen LogP contribution is 2.37. The van der Waals surface area contributed by atoms with E-state index in [1.165, 1.54) is 57.8 Å². The van der Waals surface area contributed by atoms with Crippen molar-refractivity contribution in [2.75, 3.05) is 0 Å². The molecular formula is C14H27N. The molecule has 2 aliphatic rings. The second kappa shape index (κ2) is 4.86. The Morgan fingerprint density at radius 2 is 1.93 bits per heavy atom. The molecule has 0 aliphatic heterocycles. The van der Waals surface area contributed by atoms with Gasteiger partial charge in [0.05, 0.1) is 0 Å². The molecule has 0 aromatic carbocycles. The van der Waals surface area contributed by atoms with Crippen LogP contribution in [0.5, 0.6) is 0 Å². The van der Waals surface area contributed by atoms with Gasteiger partial charge in [0, 0.05) is 11.6 Å². The van der Waals surface area contributed by atoms with Gasteiger partial charge >= 0.3 is 0 Å². The van der Waals surface area contributed by atoms with Crippen molar-refractivity contribution in [1.29, 1.82) is 0 Å². The largest absolute Gasteiger partial charge is 0.308 e. The van der Waals surface area contributed by atoms with E-state index in [2.05, 4.69) is 19.2 Å². The van der Waals surface area contributed by atoms with Gasteiger partial charge in [0.25, 0.3) is 0 Å². The van der Waals surface area contributed by atoms with E-state index >= 15 is 0 Å². The van der Waals surface area contributed by atoms with Crippen molar-refractivity contribution < 1.29 is 0 Å². The maximum Gasteiger partial charge on any atom is 0.0181 e. The molecule has 2 saturated carbocycles. The van der Waals surface area contributed by atoms with Gasteiger partial charge in [-0.15, -0.1) is 0 Å². The standard InChI is InChI=1S/C14H27N/c1-3-12-7-5-8-13(11-12)15-14(4-2)9-6-10-14/h12-13,15H,3-11H2,1-2H3. The fourth-order valence-corrected chi connectivity index (χ4v) is 3.43. The van der Waals surface area contributed by atoms with Gasteiger partial charge in [0.1, 0.15) is 0 Å². The first-order valence-electron chi connectivity index (χ1n) is 7.05. The molecule has 1 N–H and O–H groups in total. The summed E-state index contributed by atoms with van der Waals surface area (Å²) in [6.45, 7) is 4.71. The monoisotopic (exact) mass is 209 g/mol. The van der Waals surface area contributed by atoms with Gasteiger partial charge in [-0.3, -0.25) is 0 Å². The summed E-state index contributed by atoms with van der Waals surface area (Å²) in [5.74, 6) is 1.00. The van der Waals surface area contributed by atoms with Crippen molar-refractivity contribution in [3.8, 4) is 0 Å². The molecule has 0 amide bonds. The van der Waals surface area contributed by atoms with E-state index in [1.807, 2.05) is 0 Å². The van der Waals surface area contributed by atoms with E-state index in [4.69, 9.17) is 0 Å². The van der Waals surface area contributed by atoms with Crippen LogP contribution in [0.25, 0.3) is 0 Å². The van der Waals surface area contributed by atoms with E-state index in [0.29, 0.717) is 5.54 Å². The summed E-state index contributed by atoms with van der Waals surface area (Å²) in [4.78, 5) is 0. The van der Waals surface area contributed by atoms with Gasteiger partial charge in [0.15, 0.2) is 0 Å². The summed E-state index contributed by atoms with van der Waals surface area (Å²) in [7, 11) is 0. The van der Waals surface area contributed by atoms with Crippen LogP contribution in [0.15, 0.2) is 0 Å². The number of hydrogen-bond acceptors (Lipinski definition) is 1. The van der Waals surface area contributed by atoms with Crippen LogP contribution in [0.2, 0.25) is 0 Å². The van der Waals surface area contributed by atoms with E-state index in [-0.39, 0.29) is 0 Å². The number of hydrogen-bond donors (Lipinski definition) is 1. The summed E-state index contributed by atoms with van der Waals surface area (Å²) in [6, 6.07) is 0.837. The van der Waals surface area contributed by atoms with Gasteiger partial charge in [0.2, 0.25) is 0 Å². The fraction of sp³-hybridized carbons (Fsp3) is 1.00. The Kier molecular flexibility index (Phi) is 3.71. The smallest absolute Gasteiger partial charge is 0.0181 e. The topological polar surface area (TPSA) is 12.0 Å². The maximum absolute atomic E-state index is 3.98. The van der Waals surface area contributed by atoms with Crippen molar-refractivity contribution in [3.63, 3.8) is 0 Å². The zero-order chi connectivity index (χ0) is 10.7. The molecule has 0 aromatic rings. The Morgan fingerprint density at radius 1 is 1.13 bits per heavy atom. The minimum atomic E-state index is 0.556. The Balaban J connectivity index is 1.82. The molecule has 1 nitrogen and oxygen atoms in total. The highest BCUT2D eigenvalue weighted by Gasteiger charge is 2.37. The van der Waals surface area contributed by atoms with Crippen molar-refractivity contribution in [3.05, 3.63) is 0 Å². The van der Waals surface area contributed by atoms with Crippen molar-refractivity contribution in [2.24, 2.45) is 5.92 Å². The minimum absolute atomic E-state index is 0.556. The molecule has 0 spiro atoms. The third kappa shape index (κ3) is 2.55. The lowest BCUT2D eigenvalue weighted by Crippen LogP contribution is -2.55. The molecule has 15 heavy (non-hydrogen) atoms. The summed E-state index contributed by atoms with van der Waals surface area (Å²) in [6.07, 6.45) is 12.8. The lowest BCUT2D eigenvalue weighted by Gasteiger charge is -2.46.